The van der Waals surface area contributed by atoms with Gasteiger partial charge in [-0.3, -0.25) is 0 Å². The van der Waals surface area contributed by atoms with E-state index >= 15 is 0 Å². The van der Waals surface area contributed by atoms with Crippen molar-refractivity contribution in [3.05, 3.63) is 34.0 Å². The Labute approximate surface area is 106 Å². The summed E-state index contributed by atoms with van der Waals surface area (Å²) in [5.74, 6) is 0.726. The van der Waals surface area contributed by atoms with E-state index in [0.29, 0.717) is 12.8 Å². The van der Waals surface area contributed by atoms with Gasteiger partial charge in [0.05, 0.1) is 16.6 Å². The first-order chi connectivity index (χ1) is 7.79. The summed E-state index contributed by atoms with van der Waals surface area (Å²) in [7, 11) is 0. The van der Waals surface area contributed by atoms with Crippen molar-refractivity contribution in [2.45, 2.75) is 12.8 Å². The SMILES string of the molecule is N#CCCc1nccc(-c2cc(Br)cs2)n1. The lowest BCUT2D eigenvalue weighted by atomic mass is 10.3. The van der Waals surface area contributed by atoms with Crippen LogP contribution in [-0.4, -0.2) is 9.97 Å². The lowest BCUT2D eigenvalue weighted by molar-refractivity contribution is 0.888. The second-order valence-electron chi connectivity index (χ2n) is 3.15. The first-order valence-electron chi connectivity index (χ1n) is 4.73. The first-order valence-corrected chi connectivity index (χ1v) is 6.40. The Hall–Kier alpha value is -1.25. The van der Waals surface area contributed by atoms with Gasteiger partial charge in [-0.2, -0.15) is 5.26 Å². The molecule has 80 valence electrons. The van der Waals surface area contributed by atoms with Crippen molar-refractivity contribution in [1.29, 1.82) is 5.26 Å². The van der Waals surface area contributed by atoms with Gasteiger partial charge < -0.3 is 0 Å². The third-order valence-corrected chi connectivity index (χ3v) is 3.70. The van der Waals surface area contributed by atoms with Crippen LogP contribution < -0.4 is 0 Å². The van der Waals surface area contributed by atoms with Crippen molar-refractivity contribution in [3.63, 3.8) is 0 Å². The highest BCUT2D eigenvalue weighted by Crippen LogP contribution is 2.28. The summed E-state index contributed by atoms with van der Waals surface area (Å²) in [4.78, 5) is 9.67. The Bertz CT molecular complexity index is 530. The van der Waals surface area contributed by atoms with Crippen LogP contribution in [0.2, 0.25) is 0 Å². The van der Waals surface area contributed by atoms with Gasteiger partial charge in [0.25, 0.3) is 0 Å². The van der Waals surface area contributed by atoms with Crippen LogP contribution >= 0.6 is 27.3 Å². The summed E-state index contributed by atoms with van der Waals surface area (Å²) in [6.07, 6.45) is 2.80. The molecule has 0 fully saturated rings. The Morgan fingerprint density at radius 3 is 3.06 bits per heavy atom. The lowest BCUT2D eigenvalue weighted by Gasteiger charge is -1.99. The molecule has 0 radical (unpaired) electrons. The largest absolute Gasteiger partial charge is 0.241 e. The van der Waals surface area contributed by atoms with Gasteiger partial charge in [0.1, 0.15) is 5.82 Å². The minimum atomic E-state index is 0.456. The average molecular weight is 294 g/mol. The molecule has 2 rings (SSSR count). The quantitative estimate of drug-likeness (QED) is 0.871. The number of halogens is 1. The smallest absolute Gasteiger partial charge is 0.130 e. The van der Waals surface area contributed by atoms with Gasteiger partial charge >= 0.3 is 0 Å². The number of rotatable bonds is 3. The number of aryl methyl sites for hydroxylation is 1. The van der Waals surface area contributed by atoms with Crippen LogP contribution in [0, 0.1) is 11.3 Å². The predicted molar refractivity (Wildman–Crippen MR) is 67.0 cm³/mol. The van der Waals surface area contributed by atoms with Crippen molar-refractivity contribution in [1.82, 2.24) is 9.97 Å². The maximum absolute atomic E-state index is 8.51. The highest BCUT2D eigenvalue weighted by Gasteiger charge is 2.04. The molecule has 5 heteroatoms. The maximum atomic E-state index is 8.51. The standard InChI is InChI=1S/C11H8BrN3S/c12-8-6-10(16-7-8)9-3-5-14-11(15-9)2-1-4-13/h3,5-7H,1-2H2. The van der Waals surface area contributed by atoms with Crippen molar-refractivity contribution < 1.29 is 0 Å². The minimum Gasteiger partial charge on any atom is -0.241 e. The monoisotopic (exact) mass is 293 g/mol. The molecule has 0 aliphatic rings. The van der Waals surface area contributed by atoms with Crippen molar-refractivity contribution >= 4 is 27.3 Å². The van der Waals surface area contributed by atoms with E-state index in [-0.39, 0.29) is 0 Å². The molecule has 0 unspecified atom stereocenters. The van der Waals surface area contributed by atoms with E-state index in [1.54, 1.807) is 17.5 Å². The summed E-state index contributed by atoms with van der Waals surface area (Å²) in [5, 5.41) is 10.5. The number of hydrogen-bond donors (Lipinski definition) is 0. The van der Waals surface area contributed by atoms with E-state index in [2.05, 4.69) is 32.0 Å². The molecule has 0 aliphatic heterocycles. The van der Waals surface area contributed by atoms with Crippen LogP contribution in [0.3, 0.4) is 0 Å². The highest BCUT2D eigenvalue weighted by atomic mass is 79.9. The molecular weight excluding hydrogens is 286 g/mol. The van der Waals surface area contributed by atoms with Crippen LogP contribution in [0.25, 0.3) is 10.6 Å². The normalized spacial score (nSPS) is 10.0. The molecule has 16 heavy (non-hydrogen) atoms. The van der Waals surface area contributed by atoms with Crippen molar-refractivity contribution in [2.75, 3.05) is 0 Å². The van der Waals surface area contributed by atoms with Gasteiger partial charge in [0, 0.05) is 28.9 Å². The Kier molecular flexibility index (Phi) is 3.65. The summed E-state index contributed by atoms with van der Waals surface area (Å²) in [6.45, 7) is 0. The summed E-state index contributed by atoms with van der Waals surface area (Å²) in [5.41, 5.74) is 0.915. The topological polar surface area (TPSA) is 49.6 Å². The third kappa shape index (κ3) is 2.65. The summed E-state index contributed by atoms with van der Waals surface area (Å²) in [6, 6.07) is 6.01. The maximum Gasteiger partial charge on any atom is 0.130 e. The number of aromatic nitrogens is 2. The minimum absolute atomic E-state index is 0.456. The van der Waals surface area contributed by atoms with E-state index in [9.17, 15) is 0 Å². The Morgan fingerprint density at radius 1 is 1.50 bits per heavy atom. The molecule has 0 spiro atoms. The zero-order chi connectivity index (χ0) is 11.4. The molecule has 0 saturated heterocycles. The Balaban J connectivity index is 2.26. The molecular formula is C11H8BrN3S. The Morgan fingerprint density at radius 2 is 2.38 bits per heavy atom. The predicted octanol–water partition coefficient (Wildman–Crippen LogP) is 3.42. The number of nitrogens with zero attached hydrogens (tertiary/aromatic N) is 3. The van der Waals surface area contributed by atoms with Gasteiger partial charge in [-0.1, -0.05) is 0 Å². The molecule has 2 aromatic heterocycles. The van der Waals surface area contributed by atoms with Crippen molar-refractivity contribution in [3.8, 4) is 16.6 Å². The second kappa shape index (κ2) is 5.19. The number of thiophene rings is 1. The molecule has 0 atom stereocenters. The molecule has 2 aromatic rings. The zero-order valence-electron chi connectivity index (χ0n) is 8.35. The van der Waals surface area contributed by atoms with E-state index in [0.717, 1.165) is 20.9 Å². The average Bonchev–Trinajstić information content (AvgIpc) is 2.74. The number of hydrogen-bond acceptors (Lipinski definition) is 4. The molecule has 2 heterocycles. The van der Waals surface area contributed by atoms with Crippen LogP contribution in [-0.2, 0) is 6.42 Å². The second-order valence-corrected chi connectivity index (χ2v) is 4.97. The highest BCUT2D eigenvalue weighted by molar-refractivity contribution is 9.10. The fourth-order valence-electron chi connectivity index (χ4n) is 1.27. The van der Waals surface area contributed by atoms with Gasteiger partial charge in [0.2, 0.25) is 0 Å². The molecule has 0 aromatic carbocycles. The van der Waals surface area contributed by atoms with E-state index < -0.39 is 0 Å². The van der Waals surface area contributed by atoms with Crippen LogP contribution in [0.4, 0.5) is 0 Å². The molecule has 0 N–H and O–H groups in total. The molecule has 0 saturated carbocycles. The number of nitriles is 1. The molecule has 0 bridgehead atoms. The van der Waals surface area contributed by atoms with E-state index in [4.69, 9.17) is 5.26 Å². The van der Waals surface area contributed by atoms with Crippen LogP contribution in [0.1, 0.15) is 12.2 Å². The zero-order valence-corrected chi connectivity index (χ0v) is 10.8. The van der Waals surface area contributed by atoms with Gasteiger partial charge in [-0.25, -0.2) is 9.97 Å². The fraction of sp³-hybridized carbons (Fsp3) is 0.182. The molecule has 0 amide bonds. The van der Waals surface area contributed by atoms with Crippen molar-refractivity contribution in [2.24, 2.45) is 0 Å². The van der Waals surface area contributed by atoms with Crippen LogP contribution in [0.15, 0.2) is 28.2 Å². The first kappa shape index (κ1) is 11.2. The van der Waals surface area contributed by atoms with Crippen LogP contribution in [0.5, 0.6) is 0 Å². The third-order valence-electron chi connectivity index (χ3n) is 1.99. The molecule has 0 aliphatic carbocycles. The van der Waals surface area contributed by atoms with Gasteiger partial charge in [0.15, 0.2) is 0 Å². The fourth-order valence-corrected chi connectivity index (χ4v) is 2.67. The van der Waals surface area contributed by atoms with E-state index in [1.807, 2.05) is 17.5 Å². The summed E-state index contributed by atoms with van der Waals surface area (Å²) < 4.78 is 1.06. The summed E-state index contributed by atoms with van der Waals surface area (Å²) >= 11 is 5.05. The molecule has 3 nitrogen and oxygen atoms in total. The van der Waals surface area contributed by atoms with Gasteiger partial charge in [-0.05, 0) is 28.1 Å². The van der Waals surface area contributed by atoms with E-state index in [1.165, 1.54) is 0 Å². The lowest BCUT2D eigenvalue weighted by Crippen LogP contribution is -1.94. The van der Waals surface area contributed by atoms with Gasteiger partial charge in [-0.15, -0.1) is 11.3 Å².